The Balaban J connectivity index is 1.81. The van der Waals surface area contributed by atoms with Crippen molar-refractivity contribution in [1.29, 1.82) is 0 Å². The van der Waals surface area contributed by atoms with Crippen molar-refractivity contribution in [1.82, 2.24) is 10.2 Å². The lowest BCUT2D eigenvalue weighted by atomic mass is 10.0. The number of guanidine groups is 1. The van der Waals surface area contributed by atoms with Crippen molar-refractivity contribution < 1.29 is 18.9 Å². The fraction of sp³-hybridized carbons (Fsp3) is 0.458. The van der Waals surface area contributed by atoms with Crippen LogP contribution in [-0.2, 0) is 11.3 Å². The Kier molecular flexibility index (Phi) is 8.00. The number of aliphatic imine (C=N–C) groups is 1. The Morgan fingerprint density at radius 1 is 1.13 bits per heavy atom. The molecule has 0 aliphatic carbocycles. The van der Waals surface area contributed by atoms with Crippen molar-refractivity contribution in [2.45, 2.75) is 26.5 Å². The molecule has 7 nitrogen and oxygen atoms in total. The average Bonchev–Trinajstić information content (AvgIpc) is 2.81. The maximum absolute atomic E-state index is 6.08. The molecule has 1 N–H and O–H groups in total. The van der Waals surface area contributed by atoms with E-state index in [0.29, 0.717) is 30.4 Å². The molecule has 0 amide bonds. The Labute approximate surface area is 185 Å². The van der Waals surface area contributed by atoms with E-state index >= 15 is 0 Å². The molecule has 1 heterocycles. The molecule has 0 bridgehead atoms. The Morgan fingerprint density at radius 3 is 2.45 bits per heavy atom. The van der Waals surface area contributed by atoms with E-state index in [1.54, 1.807) is 21.3 Å². The van der Waals surface area contributed by atoms with Gasteiger partial charge in [0.2, 0.25) is 5.75 Å². The molecule has 1 saturated heterocycles. The third-order valence-corrected chi connectivity index (χ3v) is 5.37. The first kappa shape index (κ1) is 22.7. The van der Waals surface area contributed by atoms with Crippen LogP contribution < -0.4 is 19.5 Å². The van der Waals surface area contributed by atoms with Crippen molar-refractivity contribution in [2.24, 2.45) is 4.99 Å². The van der Waals surface area contributed by atoms with Gasteiger partial charge in [-0.2, -0.15) is 0 Å². The fourth-order valence-corrected chi connectivity index (χ4v) is 3.80. The van der Waals surface area contributed by atoms with Gasteiger partial charge in [-0.1, -0.05) is 24.3 Å². The van der Waals surface area contributed by atoms with Gasteiger partial charge >= 0.3 is 0 Å². The van der Waals surface area contributed by atoms with Gasteiger partial charge < -0.3 is 29.2 Å². The van der Waals surface area contributed by atoms with Crippen LogP contribution in [0.2, 0.25) is 0 Å². The fourth-order valence-electron chi connectivity index (χ4n) is 3.80. The second-order valence-electron chi connectivity index (χ2n) is 7.37. The summed E-state index contributed by atoms with van der Waals surface area (Å²) < 4.78 is 22.4. The van der Waals surface area contributed by atoms with Gasteiger partial charge in [0.25, 0.3) is 0 Å². The number of morpholine rings is 1. The summed E-state index contributed by atoms with van der Waals surface area (Å²) in [5.74, 6) is 2.71. The molecule has 0 aromatic heterocycles. The van der Waals surface area contributed by atoms with Crippen LogP contribution in [0.15, 0.2) is 41.4 Å². The Hall–Kier alpha value is -2.93. The number of methoxy groups -OCH3 is 3. The molecule has 0 radical (unpaired) electrons. The maximum Gasteiger partial charge on any atom is 0.203 e. The summed E-state index contributed by atoms with van der Waals surface area (Å²) in [7, 11) is 4.84. The minimum atomic E-state index is 0.0278. The molecule has 1 unspecified atom stereocenters. The minimum absolute atomic E-state index is 0.0278. The molecule has 31 heavy (non-hydrogen) atoms. The molecule has 1 atom stereocenters. The zero-order chi connectivity index (χ0) is 22.2. The smallest absolute Gasteiger partial charge is 0.203 e. The predicted molar refractivity (Wildman–Crippen MR) is 122 cm³/mol. The van der Waals surface area contributed by atoms with E-state index in [1.807, 2.05) is 12.1 Å². The zero-order valence-corrected chi connectivity index (χ0v) is 19.1. The normalized spacial score (nSPS) is 16.7. The first-order valence-corrected chi connectivity index (χ1v) is 10.6. The summed E-state index contributed by atoms with van der Waals surface area (Å²) in [6, 6.07) is 12.3. The van der Waals surface area contributed by atoms with Crippen LogP contribution in [0.1, 0.15) is 29.7 Å². The minimum Gasteiger partial charge on any atom is -0.493 e. The monoisotopic (exact) mass is 427 g/mol. The van der Waals surface area contributed by atoms with Crippen molar-refractivity contribution in [3.05, 3.63) is 53.1 Å². The molecule has 1 aliphatic rings. The highest BCUT2D eigenvalue weighted by Crippen LogP contribution is 2.38. The molecule has 1 aliphatic heterocycles. The molecule has 0 saturated carbocycles. The van der Waals surface area contributed by atoms with E-state index in [0.717, 1.165) is 31.2 Å². The van der Waals surface area contributed by atoms with Crippen LogP contribution in [-0.4, -0.2) is 58.4 Å². The highest BCUT2D eigenvalue weighted by Gasteiger charge is 2.25. The first-order valence-electron chi connectivity index (χ1n) is 10.6. The van der Waals surface area contributed by atoms with Gasteiger partial charge in [-0.15, -0.1) is 0 Å². The van der Waals surface area contributed by atoms with Crippen molar-refractivity contribution in [3.8, 4) is 17.2 Å². The van der Waals surface area contributed by atoms with E-state index < -0.39 is 0 Å². The van der Waals surface area contributed by atoms with Crippen LogP contribution in [0, 0.1) is 6.92 Å². The highest BCUT2D eigenvalue weighted by atomic mass is 16.5. The van der Waals surface area contributed by atoms with Crippen LogP contribution in [0.5, 0.6) is 17.2 Å². The number of nitrogens with one attached hydrogen (secondary N) is 1. The summed E-state index contributed by atoms with van der Waals surface area (Å²) >= 11 is 0. The summed E-state index contributed by atoms with van der Waals surface area (Å²) in [5, 5.41) is 3.42. The number of rotatable bonds is 7. The van der Waals surface area contributed by atoms with Gasteiger partial charge in [0, 0.05) is 13.1 Å². The van der Waals surface area contributed by atoms with E-state index in [4.69, 9.17) is 23.9 Å². The standard InChI is InChI=1S/C24H33N3O4/c1-6-25-24(26-15-18-13-20(28-3)23(30-5)21(14-18)29-4)27-11-12-31-22(16-27)19-10-8-7-9-17(19)2/h7-10,13-14,22H,6,11-12,15-16H2,1-5H3,(H,25,26). The Morgan fingerprint density at radius 2 is 1.84 bits per heavy atom. The molecule has 3 rings (SSSR count). The van der Waals surface area contributed by atoms with Crippen molar-refractivity contribution in [2.75, 3.05) is 47.6 Å². The largest absolute Gasteiger partial charge is 0.493 e. The zero-order valence-electron chi connectivity index (χ0n) is 19.1. The topological polar surface area (TPSA) is 64.6 Å². The highest BCUT2D eigenvalue weighted by molar-refractivity contribution is 5.80. The second-order valence-corrected chi connectivity index (χ2v) is 7.37. The lowest BCUT2D eigenvalue weighted by Gasteiger charge is -2.35. The molecular formula is C24H33N3O4. The number of hydrogen-bond acceptors (Lipinski definition) is 5. The van der Waals surface area contributed by atoms with Gasteiger partial charge in [-0.05, 0) is 42.7 Å². The van der Waals surface area contributed by atoms with E-state index in [-0.39, 0.29) is 6.10 Å². The molecule has 1 fully saturated rings. The first-order chi connectivity index (χ1) is 15.1. The summed E-state index contributed by atoms with van der Waals surface area (Å²) in [5.41, 5.74) is 3.45. The number of nitrogens with zero attached hydrogens (tertiary/aromatic N) is 2. The number of ether oxygens (including phenoxy) is 4. The molecule has 2 aromatic carbocycles. The summed E-state index contributed by atoms with van der Waals surface area (Å²) in [4.78, 5) is 7.15. The maximum atomic E-state index is 6.08. The molecule has 7 heteroatoms. The van der Waals surface area contributed by atoms with Gasteiger partial charge in [-0.3, -0.25) is 0 Å². The van der Waals surface area contributed by atoms with E-state index in [2.05, 4.69) is 48.3 Å². The summed E-state index contributed by atoms with van der Waals surface area (Å²) in [6.45, 7) is 7.70. The predicted octanol–water partition coefficient (Wildman–Crippen LogP) is 3.56. The SMILES string of the molecule is CCNC(=NCc1cc(OC)c(OC)c(OC)c1)N1CCOC(c2ccccc2C)C1. The molecule has 2 aromatic rings. The second kappa shape index (κ2) is 10.9. The van der Waals surface area contributed by atoms with Gasteiger partial charge in [0.1, 0.15) is 6.10 Å². The molecular weight excluding hydrogens is 394 g/mol. The van der Waals surface area contributed by atoms with Crippen LogP contribution in [0.3, 0.4) is 0 Å². The van der Waals surface area contributed by atoms with Crippen LogP contribution in [0.25, 0.3) is 0 Å². The lowest BCUT2D eigenvalue weighted by molar-refractivity contribution is -0.00834. The Bertz CT molecular complexity index is 875. The quantitative estimate of drug-likeness (QED) is 0.539. The number of benzene rings is 2. The van der Waals surface area contributed by atoms with Crippen LogP contribution >= 0.6 is 0 Å². The lowest BCUT2D eigenvalue weighted by Crippen LogP contribution is -2.48. The third-order valence-electron chi connectivity index (χ3n) is 5.37. The number of hydrogen-bond donors (Lipinski definition) is 1. The third kappa shape index (κ3) is 5.41. The molecule has 0 spiro atoms. The van der Waals surface area contributed by atoms with Gasteiger partial charge in [-0.25, -0.2) is 4.99 Å². The van der Waals surface area contributed by atoms with E-state index in [9.17, 15) is 0 Å². The van der Waals surface area contributed by atoms with Crippen molar-refractivity contribution >= 4 is 5.96 Å². The van der Waals surface area contributed by atoms with Gasteiger partial charge in [0.05, 0.1) is 41.0 Å². The van der Waals surface area contributed by atoms with Gasteiger partial charge in [0.15, 0.2) is 17.5 Å². The average molecular weight is 428 g/mol. The number of aryl methyl sites for hydroxylation is 1. The summed E-state index contributed by atoms with van der Waals surface area (Å²) in [6.07, 6.45) is 0.0278. The van der Waals surface area contributed by atoms with Crippen molar-refractivity contribution in [3.63, 3.8) is 0 Å². The molecule has 168 valence electrons. The van der Waals surface area contributed by atoms with E-state index in [1.165, 1.54) is 11.1 Å². The van der Waals surface area contributed by atoms with Crippen LogP contribution in [0.4, 0.5) is 0 Å².